The minimum atomic E-state index is -0.461. The first-order valence-electron chi connectivity index (χ1n) is 10.8. The lowest BCUT2D eigenvalue weighted by molar-refractivity contribution is 0.122. The van der Waals surface area contributed by atoms with Crippen LogP contribution < -0.4 is 9.80 Å². The summed E-state index contributed by atoms with van der Waals surface area (Å²) in [6.07, 6.45) is 1.81. The second-order valence-corrected chi connectivity index (χ2v) is 8.84. The van der Waals surface area contributed by atoms with Gasteiger partial charge >= 0.3 is 0 Å². The van der Waals surface area contributed by atoms with Gasteiger partial charge in [-0.3, -0.25) is 0 Å². The molecule has 1 aromatic heterocycles. The van der Waals surface area contributed by atoms with Crippen molar-refractivity contribution in [1.29, 1.82) is 0 Å². The lowest BCUT2D eigenvalue weighted by Gasteiger charge is -2.31. The Kier molecular flexibility index (Phi) is 6.17. The summed E-state index contributed by atoms with van der Waals surface area (Å²) in [7, 11) is 0. The van der Waals surface area contributed by atoms with Crippen LogP contribution in [0.1, 0.15) is 17.7 Å². The van der Waals surface area contributed by atoms with Gasteiger partial charge in [0.25, 0.3) is 0 Å². The highest BCUT2D eigenvalue weighted by atomic mass is 35.5. The van der Waals surface area contributed by atoms with Crippen molar-refractivity contribution in [2.24, 2.45) is 0 Å². The van der Waals surface area contributed by atoms with Gasteiger partial charge in [-0.1, -0.05) is 35.3 Å². The molecule has 166 valence electrons. The maximum atomic E-state index is 14.0. The average Bonchev–Trinajstić information content (AvgIpc) is 2.85. The van der Waals surface area contributed by atoms with Crippen molar-refractivity contribution in [2.75, 3.05) is 42.6 Å². The molecular formula is C24H23Cl2FN4O. The standard InChI is InChI=1S/C24H23Cl2FN4O/c25-19-7-8-20(27)24(26)18(19)15-31-9-1-2-21-23(31)14-22(29-28-21)16-3-5-17(6-4-16)30-10-12-32-13-11-30/h3-8,14H,1-2,9-13,15H2. The van der Waals surface area contributed by atoms with Crippen molar-refractivity contribution in [2.45, 2.75) is 19.4 Å². The zero-order valence-electron chi connectivity index (χ0n) is 17.5. The summed E-state index contributed by atoms with van der Waals surface area (Å²) in [6.45, 7) is 4.55. The van der Waals surface area contributed by atoms with E-state index >= 15 is 0 Å². The zero-order chi connectivity index (χ0) is 22.1. The fourth-order valence-corrected chi connectivity index (χ4v) is 4.78. The van der Waals surface area contributed by atoms with Gasteiger partial charge in [0.15, 0.2) is 0 Å². The topological polar surface area (TPSA) is 41.5 Å². The highest BCUT2D eigenvalue weighted by Crippen LogP contribution is 2.34. The number of ether oxygens (including phenoxy) is 1. The van der Waals surface area contributed by atoms with E-state index in [0.29, 0.717) is 17.1 Å². The number of morpholine rings is 1. The molecule has 0 aliphatic carbocycles. The minimum Gasteiger partial charge on any atom is -0.378 e. The molecule has 5 rings (SSSR count). The number of fused-ring (bicyclic) bond motifs is 1. The molecule has 2 aromatic carbocycles. The summed E-state index contributed by atoms with van der Waals surface area (Å²) in [5, 5.41) is 9.51. The Morgan fingerprint density at radius 2 is 1.75 bits per heavy atom. The Hall–Kier alpha value is -2.41. The molecule has 32 heavy (non-hydrogen) atoms. The number of hydrogen-bond donors (Lipinski definition) is 0. The van der Waals surface area contributed by atoms with E-state index in [-0.39, 0.29) is 5.02 Å². The summed E-state index contributed by atoms with van der Waals surface area (Å²) in [6, 6.07) is 13.3. The predicted molar refractivity (Wildman–Crippen MR) is 126 cm³/mol. The maximum Gasteiger partial charge on any atom is 0.142 e. The molecule has 0 amide bonds. The van der Waals surface area contributed by atoms with Crippen molar-refractivity contribution in [1.82, 2.24) is 10.2 Å². The van der Waals surface area contributed by atoms with Crippen LogP contribution in [0.2, 0.25) is 10.0 Å². The third-order valence-electron chi connectivity index (χ3n) is 6.06. The SMILES string of the molecule is Fc1ccc(Cl)c(CN2CCCc3nnc(-c4ccc(N5CCOCC5)cc4)cc32)c1Cl. The molecule has 0 atom stereocenters. The van der Waals surface area contributed by atoms with Crippen LogP contribution >= 0.6 is 23.2 Å². The largest absolute Gasteiger partial charge is 0.378 e. The van der Waals surface area contributed by atoms with Crippen molar-refractivity contribution in [3.8, 4) is 11.3 Å². The number of hydrogen-bond acceptors (Lipinski definition) is 5. The molecule has 2 aliphatic heterocycles. The Balaban J connectivity index is 1.42. The van der Waals surface area contributed by atoms with Crippen LogP contribution in [0, 0.1) is 5.82 Å². The summed E-state index contributed by atoms with van der Waals surface area (Å²) >= 11 is 12.6. The number of aromatic nitrogens is 2. The summed E-state index contributed by atoms with van der Waals surface area (Å²) < 4.78 is 19.5. The molecule has 1 fully saturated rings. The normalized spacial score (nSPS) is 16.2. The van der Waals surface area contributed by atoms with Crippen LogP contribution in [0.4, 0.5) is 15.8 Å². The van der Waals surface area contributed by atoms with Crippen molar-refractivity contribution >= 4 is 34.6 Å². The summed E-state index contributed by atoms with van der Waals surface area (Å²) in [5.41, 5.74) is 5.52. The fourth-order valence-electron chi connectivity index (χ4n) is 4.29. The number of rotatable bonds is 4. The fraction of sp³-hybridized carbons (Fsp3) is 0.333. The van der Waals surface area contributed by atoms with E-state index in [1.165, 1.54) is 11.8 Å². The Labute approximate surface area is 196 Å². The third-order valence-corrected chi connectivity index (χ3v) is 6.82. The zero-order valence-corrected chi connectivity index (χ0v) is 19.0. The van der Waals surface area contributed by atoms with Crippen molar-refractivity contribution in [3.05, 3.63) is 69.6 Å². The van der Waals surface area contributed by atoms with Gasteiger partial charge in [-0.05, 0) is 43.2 Å². The number of benzene rings is 2. The molecule has 3 heterocycles. The van der Waals surface area contributed by atoms with Crippen LogP contribution in [0.25, 0.3) is 11.3 Å². The van der Waals surface area contributed by atoms with Crippen LogP contribution in [0.15, 0.2) is 42.5 Å². The first kappa shape index (κ1) is 21.4. The smallest absolute Gasteiger partial charge is 0.142 e. The summed E-state index contributed by atoms with van der Waals surface area (Å²) in [5.74, 6) is -0.461. The highest BCUT2D eigenvalue weighted by molar-refractivity contribution is 6.36. The van der Waals surface area contributed by atoms with E-state index in [0.717, 1.165) is 68.3 Å². The van der Waals surface area contributed by atoms with E-state index in [2.05, 4.69) is 50.3 Å². The molecule has 0 unspecified atom stereocenters. The Bertz CT molecular complexity index is 1120. The quantitative estimate of drug-likeness (QED) is 0.476. The van der Waals surface area contributed by atoms with Gasteiger partial charge in [0.05, 0.1) is 35.3 Å². The second-order valence-electron chi connectivity index (χ2n) is 8.05. The molecular weight excluding hydrogens is 450 g/mol. The minimum absolute atomic E-state index is 0.0746. The van der Waals surface area contributed by atoms with Gasteiger partial charge in [0.1, 0.15) is 5.82 Å². The van der Waals surface area contributed by atoms with Gasteiger partial charge in [-0.2, -0.15) is 10.2 Å². The number of anilines is 2. The first-order valence-corrected chi connectivity index (χ1v) is 11.5. The van der Waals surface area contributed by atoms with E-state index in [9.17, 15) is 4.39 Å². The lowest BCUT2D eigenvalue weighted by Crippen LogP contribution is -2.36. The Morgan fingerprint density at radius 1 is 0.969 bits per heavy atom. The number of halogens is 3. The predicted octanol–water partition coefficient (Wildman–Crippen LogP) is 5.38. The van der Waals surface area contributed by atoms with Gasteiger partial charge in [-0.25, -0.2) is 4.39 Å². The molecule has 2 aliphatic rings. The number of aryl methyl sites for hydroxylation is 1. The molecule has 1 saturated heterocycles. The molecule has 0 spiro atoms. The van der Waals surface area contributed by atoms with E-state index in [1.54, 1.807) is 6.07 Å². The van der Waals surface area contributed by atoms with Gasteiger partial charge < -0.3 is 14.5 Å². The molecule has 0 radical (unpaired) electrons. The molecule has 8 heteroatoms. The van der Waals surface area contributed by atoms with Crippen LogP contribution in [-0.4, -0.2) is 43.0 Å². The molecule has 0 saturated carbocycles. The van der Waals surface area contributed by atoms with Crippen LogP contribution in [0.5, 0.6) is 0 Å². The molecule has 3 aromatic rings. The number of nitrogens with zero attached hydrogens (tertiary/aromatic N) is 4. The Morgan fingerprint density at radius 3 is 2.53 bits per heavy atom. The maximum absolute atomic E-state index is 14.0. The van der Waals surface area contributed by atoms with E-state index in [4.69, 9.17) is 27.9 Å². The first-order chi connectivity index (χ1) is 15.6. The van der Waals surface area contributed by atoms with Crippen LogP contribution in [-0.2, 0) is 17.7 Å². The van der Waals surface area contributed by atoms with Gasteiger partial charge in [0, 0.05) is 48.0 Å². The van der Waals surface area contributed by atoms with Crippen molar-refractivity contribution in [3.63, 3.8) is 0 Å². The van der Waals surface area contributed by atoms with E-state index < -0.39 is 5.82 Å². The van der Waals surface area contributed by atoms with Crippen LogP contribution in [0.3, 0.4) is 0 Å². The average molecular weight is 473 g/mol. The molecule has 0 bridgehead atoms. The second kappa shape index (κ2) is 9.22. The highest BCUT2D eigenvalue weighted by Gasteiger charge is 2.23. The van der Waals surface area contributed by atoms with Gasteiger partial charge in [0.2, 0.25) is 0 Å². The van der Waals surface area contributed by atoms with E-state index in [1.807, 2.05) is 0 Å². The molecule has 0 N–H and O–H groups in total. The lowest BCUT2D eigenvalue weighted by atomic mass is 10.0. The molecule has 5 nitrogen and oxygen atoms in total. The van der Waals surface area contributed by atoms with Gasteiger partial charge in [-0.15, -0.1) is 0 Å². The van der Waals surface area contributed by atoms with Crippen molar-refractivity contribution < 1.29 is 9.13 Å². The third kappa shape index (κ3) is 4.27. The summed E-state index contributed by atoms with van der Waals surface area (Å²) in [4.78, 5) is 4.48. The monoisotopic (exact) mass is 472 g/mol.